The van der Waals surface area contributed by atoms with Gasteiger partial charge in [-0.15, -0.1) is 0 Å². The molecule has 2 N–H and O–H groups in total. The molecule has 0 heterocycles. The second-order valence-electron chi connectivity index (χ2n) is 5.54. The lowest BCUT2D eigenvalue weighted by Gasteiger charge is -2.14. The van der Waals surface area contributed by atoms with Crippen LogP contribution in [0.3, 0.4) is 0 Å². The predicted octanol–water partition coefficient (Wildman–Crippen LogP) is 4.54. The maximum absolute atomic E-state index is 4.90. The number of nitrogens with one attached hydrogen (secondary N) is 2. The third-order valence-corrected chi connectivity index (χ3v) is 4.21. The molecule has 2 atom stereocenters. The van der Waals surface area contributed by atoms with Crippen LogP contribution in [0, 0.1) is 0 Å². The predicted molar refractivity (Wildman–Crippen MR) is 115 cm³/mol. The summed E-state index contributed by atoms with van der Waals surface area (Å²) in [5, 5.41) is 6.96. The van der Waals surface area contributed by atoms with Crippen LogP contribution in [0.15, 0.2) is 60.7 Å². The van der Waals surface area contributed by atoms with Crippen molar-refractivity contribution in [3.63, 3.8) is 0 Å². The normalized spacial score (nSPS) is 11.8. The molecule has 0 saturated heterocycles. The number of hydrogen-bond acceptors (Lipinski definition) is 4. The van der Waals surface area contributed by atoms with Crippen molar-refractivity contribution in [1.29, 1.82) is 0 Å². The maximum atomic E-state index is 4.90. The molecule has 140 valence electrons. The van der Waals surface area contributed by atoms with Crippen LogP contribution in [0.4, 0.5) is 0 Å². The molecule has 0 aliphatic carbocycles. The summed E-state index contributed by atoms with van der Waals surface area (Å²) in [7, 11) is 3.13. The fourth-order valence-electron chi connectivity index (χ4n) is 2.12. The summed E-state index contributed by atoms with van der Waals surface area (Å²) in [6, 6.07) is 20.6. The zero-order valence-corrected chi connectivity index (χ0v) is 17.2. The molecule has 0 amide bonds. The second-order valence-corrected chi connectivity index (χ2v) is 6.28. The van der Waals surface area contributed by atoms with E-state index in [0.717, 1.165) is 0 Å². The Morgan fingerprint density at radius 2 is 1.00 bits per heavy atom. The molecule has 2 rings (SSSR count). The van der Waals surface area contributed by atoms with Gasteiger partial charge in [-0.1, -0.05) is 60.7 Å². The Morgan fingerprint density at radius 3 is 1.27 bits per heavy atom. The van der Waals surface area contributed by atoms with Gasteiger partial charge in [0.25, 0.3) is 10.3 Å². The zero-order chi connectivity index (χ0) is 19.4. The number of ether oxygens (including phenoxy) is 2. The van der Waals surface area contributed by atoms with Crippen LogP contribution >= 0.6 is 24.4 Å². The summed E-state index contributed by atoms with van der Waals surface area (Å²) in [6.07, 6.45) is 0. The standard InChI is InChI=1S/2C10H13NOS/c2*1-8(11-10(13)12-2)9-6-4-3-5-7-9/h2*3-8H,1-2H3,(H,11,13). The smallest absolute Gasteiger partial charge is 0.256 e. The van der Waals surface area contributed by atoms with Gasteiger partial charge in [0.2, 0.25) is 0 Å². The van der Waals surface area contributed by atoms with Crippen molar-refractivity contribution in [3.8, 4) is 0 Å². The van der Waals surface area contributed by atoms with Gasteiger partial charge in [0.15, 0.2) is 0 Å². The Kier molecular flexibility index (Phi) is 10.3. The molecular weight excluding hydrogens is 364 g/mol. The van der Waals surface area contributed by atoms with E-state index in [2.05, 4.69) is 34.9 Å². The topological polar surface area (TPSA) is 42.5 Å². The van der Waals surface area contributed by atoms with Crippen molar-refractivity contribution >= 4 is 34.8 Å². The summed E-state index contributed by atoms with van der Waals surface area (Å²) in [6.45, 7) is 4.08. The molecule has 0 radical (unpaired) electrons. The van der Waals surface area contributed by atoms with Crippen LogP contribution in [-0.4, -0.2) is 24.6 Å². The summed E-state index contributed by atoms with van der Waals surface area (Å²) in [5.74, 6) is 0. The van der Waals surface area contributed by atoms with Gasteiger partial charge in [-0.3, -0.25) is 0 Å². The van der Waals surface area contributed by atoms with Crippen LogP contribution in [0.5, 0.6) is 0 Å². The minimum Gasteiger partial charge on any atom is -0.474 e. The first-order chi connectivity index (χ1) is 12.5. The van der Waals surface area contributed by atoms with E-state index in [-0.39, 0.29) is 12.1 Å². The van der Waals surface area contributed by atoms with Gasteiger partial charge in [-0.25, -0.2) is 0 Å². The molecular formula is C20H26N2O2S2. The van der Waals surface area contributed by atoms with E-state index < -0.39 is 0 Å². The molecule has 0 spiro atoms. The second kappa shape index (κ2) is 12.2. The van der Waals surface area contributed by atoms with Crippen LogP contribution in [-0.2, 0) is 9.47 Å². The van der Waals surface area contributed by atoms with Crippen molar-refractivity contribution in [1.82, 2.24) is 10.6 Å². The maximum Gasteiger partial charge on any atom is 0.256 e. The third kappa shape index (κ3) is 8.27. The lowest BCUT2D eigenvalue weighted by atomic mass is 10.1. The van der Waals surface area contributed by atoms with Crippen molar-refractivity contribution in [2.75, 3.05) is 14.2 Å². The van der Waals surface area contributed by atoms with Crippen molar-refractivity contribution in [2.45, 2.75) is 25.9 Å². The van der Waals surface area contributed by atoms with Gasteiger partial charge in [0.05, 0.1) is 26.3 Å². The highest BCUT2D eigenvalue weighted by Gasteiger charge is 2.05. The number of benzene rings is 2. The summed E-state index contributed by atoms with van der Waals surface area (Å²) in [4.78, 5) is 0. The average molecular weight is 391 g/mol. The fourth-order valence-corrected chi connectivity index (χ4v) is 2.48. The highest BCUT2D eigenvalue weighted by molar-refractivity contribution is 7.80. The first-order valence-electron chi connectivity index (χ1n) is 8.26. The van der Waals surface area contributed by atoms with Gasteiger partial charge < -0.3 is 20.1 Å². The Morgan fingerprint density at radius 1 is 0.692 bits per heavy atom. The quantitative estimate of drug-likeness (QED) is 0.748. The monoisotopic (exact) mass is 390 g/mol. The third-order valence-electron chi connectivity index (χ3n) is 3.64. The number of methoxy groups -OCH3 is 2. The van der Waals surface area contributed by atoms with Gasteiger partial charge >= 0.3 is 0 Å². The van der Waals surface area contributed by atoms with E-state index in [9.17, 15) is 0 Å². The molecule has 26 heavy (non-hydrogen) atoms. The Balaban J connectivity index is 0.000000260. The summed E-state index contributed by atoms with van der Waals surface area (Å²) < 4.78 is 9.73. The molecule has 0 saturated carbocycles. The van der Waals surface area contributed by atoms with E-state index >= 15 is 0 Å². The van der Waals surface area contributed by atoms with E-state index in [4.69, 9.17) is 33.9 Å². The van der Waals surface area contributed by atoms with Crippen LogP contribution < -0.4 is 10.6 Å². The molecule has 0 fully saturated rings. The Hall–Kier alpha value is -2.18. The number of rotatable bonds is 4. The highest BCUT2D eigenvalue weighted by Crippen LogP contribution is 2.11. The SMILES string of the molecule is COC(=S)NC(C)c1ccccc1.COC(=S)NC(C)c1ccccc1. The van der Waals surface area contributed by atoms with Crippen LogP contribution in [0.1, 0.15) is 37.1 Å². The summed E-state index contributed by atoms with van der Waals surface area (Å²) in [5.41, 5.74) is 2.39. The minimum atomic E-state index is 0.189. The fraction of sp³-hybridized carbons (Fsp3) is 0.300. The van der Waals surface area contributed by atoms with Gasteiger partial charge in [0.1, 0.15) is 0 Å². The molecule has 0 aromatic heterocycles. The van der Waals surface area contributed by atoms with Crippen LogP contribution in [0.25, 0.3) is 0 Å². The lowest BCUT2D eigenvalue weighted by Crippen LogP contribution is -2.25. The van der Waals surface area contributed by atoms with E-state index in [1.54, 1.807) is 14.2 Å². The molecule has 2 aromatic carbocycles. The van der Waals surface area contributed by atoms with Gasteiger partial charge in [0, 0.05) is 0 Å². The van der Waals surface area contributed by atoms with E-state index in [1.807, 2.05) is 50.2 Å². The zero-order valence-electron chi connectivity index (χ0n) is 15.6. The largest absolute Gasteiger partial charge is 0.474 e. The number of hydrogen-bond donors (Lipinski definition) is 2. The first-order valence-corrected chi connectivity index (χ1v) is 9.08. The molecule has 0 bridgehead atoms. The van der Waals surface area contributed by atoms with E-state index in [0.29, 0.717) is 10.3 Å². The average Bonchev–Trinajstić information content (AvgIpc) is 2.69. The summed E-state index contributed by atoms with van der Waals surface area (Å²) >= 11 is 9.80. The lowest BCUT2D eigenvalue weighted by molar-refractivity contribution is 0.385. The molecule has 0 aliphatic heterocycles. The highest BCUT2D eigenvalue weighted by atomic mass is 32.1. The Bertz CT molecular complexity index is 607. The minimum absolute atomic E-state index is 0.189. The van der Waals surface area contributed by atoms with Crippen molar-refractivity contribution in [3.05, 3.63) is 71.8 Å². The molecule has 2 aromatic rings. The van der Waals surface area contributed by atoms with Crippen LogP contribution in [0.2, 0.25) is 0 Å². The first kappa shape index (κ1) is 21.9. The van der Waals surface area contributed by atoms with E-state index in [1.165, 1.54) is 11.1 Å². The van der Waals surface area contributed by atoms with Gasteiger partial charge in [-0.2, -0.15) is 0 Å². The Labute approximate surface area is 166 Å². The van der Waals surface area contributed by atoms with Crippen molar-refractivity contribution < 1.29 is 9.47 Å². The molecule has 6 heteroatoms. The number of thiocarbonyl (C=S) groups is 2. The molecule has 4 nitrogen and oxygen atoms in total. The van der Waals surface area contributed by atoms with Gasteiger partial charge in [-0.05, 0) is 49.4 Å². The molecule has 0 aliphatic rings. The molecule has 2 unspecified atom stereocenters. The van der Waals surface area contributed by atoms with Crippen molar-refractivity contribution in [2.24, 2.45) is 0 Å².